The highest BCUT2D eigenvalue weighted by Crippen LogP contribution is 2.07. The molecule has 14 heavy (non-hydrogen) atoms. The molecule has 0 N–H and O–H groups in total. The van der Waals surface area contributed by atoms with Crippen LogP contribution in [0.25, 0.3) is 0 Å². The molecule has 0 atom stereocenters. The number of rotatable bonds is 3. The molecule has 0 unspecified atom stereocenters. The van der Waals surface area contributed by atoms with E-state index in [4.69, 9.17) is 10.00 Å². The summed E-state index contributed by atoms with van der Waals surface area (Å²) in [5, 5.41) is 8.24. The van der Waals surface area contributed by atoms with Crippen molar-refractivity contribution in [2.75, 3.05) is 6.61 Å². The van der Waals surface area contributed by atoms with Crippen LogP contribution in [0.5, 0.6) is 0 Å². The molecule has 0 spiro atoms. The predicted octanol–water partition coefficient (Wildman–Crippen LogP) is 2.36. The number of esters is 1. The van der Waals surface area contributed by atoms with Crippen LogP contribution in [0.2, 0.25) is 0 Å². The number of benzene rings is 1. The van der Waals surface area contributed by atoms with Gasteiger partial charge in [-0.05, 0) is 46.9 Å². The molecule has 0 saturated heterocycles. The standard InChI is InChI=1S/C10H8INO2/c11-9-4-2-8(3-5-9)10(13)14-7-1-6-12/h2-5H,1,7H2. The number of carbonyl (C=O) groups excluding carboxylic acids is 1. The highest BCUT2D eigenvalue weighted by molar-refractivity contribution is 14.1. The van der Waals surface area contributed by atoms with E-state index in [1.165, 1.54) is 0 Å². The van der Waals surface area contributed by atoms with E-state index in [0.29, 0.717) is 5.56 Å². The molecule has 0 aliphatic heterocycles. The fraction of sp³-hybridized carbons (Fsp3) is 0.200. The van der Waals surface area contributed by atoms with Gasteiger partial charge in [0, 0.05) is 3.57 Å². The van der Waals surface area contributed by atoms with Crippen LogP contribution in [0.15, 0.2) is 24.3 Å². The Hall–Kier alpha value is -1.09. The zero-order chi connectivity index (χ0) is 10.4. The van der Waals surface area contributed by atoms with Gasteiger partial charge < -0.3 is 4.74 Å². The first-order valence-corrected chi connectivity index (χ1v) is 5.11. The van der Waals surface area contributed by atoms with Crippen molar-refractivity contribution < 1.29 is 9.53 Å². The van der Waals surface area contributed by atoms with E-state index >= 15 is 0 Å². The number of nitrogens with zero attached hydrogens (tertiary/aromatic N) is 1. The van der Waals surface area contributed by atoms with Crippen LogP contribution in [0, 0.1) is 14.9 Å². The van der Waals surface area contributed by atoms with Gasteiger partial charge in [0.15, 0.2) is 0 Å². The summed E-state index contributed by atoms with van der Waals surface area (Å²) in [6, 6.07) is 8.98. The maximum Gasteiger partial charge on any atom is 0.338 e. The van der Waals surface area contributed by atoms with E-state index in [1.54, 1.807) is 12.1 Å². The lowest BCUT2D eigenvalue weighted by atomic mass is 10.2. The molecule has 0 aliphatic carbocycles. The van der Waals surface area contributed by atoms with Crippen molar-refractivity contribution >= 4 is 28.6 Å². The number of hydrogen-bond donors (Lipinski definition) is 0. The first-order chi connectivity index (χ1) is 6.74. The van der Waals surface area contributed by atoms with Gasteiger partial charge in [-0.3, -0.25) is 0 Å². The normalized spacial score (nSPS) is 9.14. The van der Waals surface area contributed by atoms with E-state index in [2.05, 4.69) is 22.6 Å². The quantitative estimate of drug-likeness (QED) is 0.489. The van der Waals surface area contributed by atoms with Crippen LogP contribution >= 0.6 is 22.6 Å². The van der Waals surface area contributed by atoms with E-state index in [1.807, 2.05) is 18.2 Å². The van der Waals surface area contributed by atoms with Crippen molar-refractivity contribution in [2.45, 2.75) is 6.42 Å². The average Bonchev–Trinajstić information content (AvgIpc) is 2.19. The summed E-state index contributed by atoms with van der Waals surface area (Å²) in [5.41, 5.74) is 0.517. The van der Waals surface area contributed by atoms with Crippen molar-refractivity contribution in [1.82, 2.24) is 0 Å². The Bertz CT molecular complexity index is 353. The third-order valence-corrected chi connectivity index (χ3v) is 2.25. The van der Waals surface area contributed by atoms with E-state index in [-0.39, 0.29) is 19.0 Å². The molecular formula is C10H8INO2. The monoisotopic (exact) mass is 301 g/mol. The molecule has 1 rings (SSSR count). The Labute approximate surface area is 95.8 Å². The minimum Gasteiger partial charge on any atom is -0.461 e. The summed E-state index contributed by atoms with van der Waals surface area (Å²) in [4.78, 5) is 11.3. The second kappa shape index (κ2) is 5.60. The van der Waals surface area contributed by atoms with Crippen LogP contribution < -0.4 is 0 Å². The summed E-state index contributed by atoms with van der Waals surface area (Å²) >= 11 is 2.16. The molecule has 1 aromatic rings. The molecule has 0 bridgehead atoms. The number of halogens is 1. The highest BCUT2D eigenvalue weighted by Gasteiger charge is 2.05. The van der Waals surface area contributed by atoms with E-state index in [0.717, 1.165) is 3.57 Å². The van der Waals surface area contributed by atoms with Gasteiger partial charge in [0.2, 0.25) is 0 Å². The van der Waals surface area contributed by atoms with Gasteiger partial charge in [-0.25, -0.2) is 4.79 Å². The topological polar surface area (TPSA) is 50.1 Å². The van der Waals surface area contributed by atoms with Crippen LogP contribution in [0.3, 0.4) is 0 Å². The summed E-state index contributed by atoms with van der Waals surface area (Å²) in [6.07, 6.45) is 0.232. The molecule has 4 heteroatoms. The largest absolute Gasteiger partial charge is 0.461 e. The Balaban J connectivity index is 2.53. The molecule has 0 aromatic heterocycles. The first-order valence-electron chi connectivity index (χ1n) is 4.03. The minimum atomic E-state index is -0.378. The highest BCUT2D eigenvalue weighted by atomic mass is 127. The van der Waals surface area contributed by atoms with Crippen molar-refractivity contribution in [3.8, 4) is 6.07 Å². The van der Waals surface area contributed by atoms with Gasteiger partial charge in [0.25, 0.3) is 0 Å². The van der Waals surface area contributed by atoms with E-state index in [9.17, 15) is 4.79 Å². The fourth-order valence-electron chi connectivity index (χ4n) is 0.859. The molecular weight excluding hydrogens is 293 g/mol. The van der Waals surface area contributed by atoms with Crippen LogP contribution in [-0.2, 0) is 4.74 Å². The smallest absolute Gasteiger partial charge is 0.338 e. The van der Waals surface area contributed by atoms with Crippen molar-refractivity contribution in [2.24, 2.45) is 0 Å². The summed E-state index contributed by atoms with van der Waals surface area (Å²) in [5.74, 6) is -0.378. The predicted molar refractivity (Wildman–Crippen MR) is 59.7 cm³/mol. The Morgan fingerprint density at radius 2 is 2.07 bits per heavy atom. The lowest BCUT2D eigenvalue weighted by Gasteiger charge is -2.01. The Morgan fingerprint density at radius 1 is 1.43 bits per heavy atom. The second-order valence-electron chi connectivity index (χ2n) is 2.55. The second-order valence-corrected chi connectivity index (χ2v) is 3.80. The maximum absolute atomic E-state index is 11.3. The van der Waals surface area contributed by atoms with E-state index < -0.39 is 0 Å². The first kappa shape index (κ1) is 11.0. The van der Waals surface area contributed by atoms with Crippen molar-refractivity contribution in [3.05, 3.63) is 33.4 Å². The minimum absolute atomic E-state index is 0.154. The number of ether oxygens (including phenoxy) is 1. The van der Waals surface area contributed by atoms with Crippen LogP contribution in [0.1, 0.15) is 16.8 Å². The SMILES string of the molecule is N#CCCOC(=O)c1ccc(I)cc1. The summed E-state index contributed by atoms with van der Waals surface area (Å²) < 4.78 is 5.91. The number of nitriles is 1. The molecule has 1 aromatic carbocycles. The van der Waals surface area contributed by atoms with Crippen LogP contribution in [0.4, 0.5) is 0 Å². The lowest BCUT2D eigenvalue weighted by molar-refractivity contribution is 0.0513. The van der Waals surface area contributed by atoms with Crippen LogP contribution in [-0.4, -0.2) is 12.6 Å². The zero-order valence-corrected chi connectivity index (χ0v) is 9.52. The van der Waals surface area contributed by atoms with Gasteiger partial charge >= 0.3 is 5.97 Å². The van der Waals surface area contributed by atoms with Crippen molar-refractivity contribution in [1.29, 1.82) is 5.26 Å². The average molecular weight is 301 g/mol. The number of carbonyl (C=O) groups is 1. The summed E-state index contributed by atoms with van der Waals surface area (Å²) in [6.45, 7) is 0.154. The third kappa shape index (κ3) is 3.34. The molecule has 3 nitrogen and oxygen atoms in total. The fourth-order valence-corrected chi connectivity index (χ4v) is 1.22. The maximum atomic E-state index is 11.3. The molecule has 0 amide bonds. The number of hydrogen-bond acceptors (Lipinski definition) is 3. The lowest BCUT2D eigenvalue weighted by Crippen LogP contribution is -2.05. The molecule has 0 fully saturated rings. The van der Waals surface area contributed by atoms with Gasteiger partial charge in [0.1, 0.15) is 6.61 Å². The van der Waals surface area contributed by atoms with Gasteiger partial charge in [-0.2, -0.15) is 5.26 Å². The zero-order valence-electron chi connectivity index (χ0n) is 7.37. The molecule has 0 saturated carbocycles. The van der Waals surface area contributed by atoms with Gasteiger partial charge in [0.05, 0.1) is 18.1 Å². The Morgan fingerprint density at radius 3 is 2.64 bits per heavy atom. The summed E-state index contributed by atoms with van der Waals surface area (Å²) in [7, 11) is 0. The van der Waals surface area contributed by atoms with Gasteiger partial charge in [-0.15, -0.1) is 0 Å². The molecule has 72 valence electrons. The van der Waals surface area contributed by atoms with Gasteiger partial charge in [-0.1, -0.05) is 0 Å². The van der Waals surface area contributed by atoms with Crippen molar-refractivity contribution in [3.63, 3.8) is 0 Å². The molecule has 0 radical (unpaired) electrons. The molecule has 0 aliphatic rings. The third-order valence-electron chi connectivity index (χ3n) is 1.53. The Kier molecular flexibility index (Phi) is 4.40. The molecule has 0 heterocycles.